The van der Waals surface area contributed by atoms with Crippen LogP contribution >= 0.6 is 0 Å². The number of phenolic OH excluding ortho intramolecular Hbond substituents is 1. The van der Waals surface area contributed by atoms with E-state index >= 15 is 0 Å². The summed E-state index contributed by atoms with van der Waals surface area (Å²) in [4.78, 5) is 43.2. The van der Waals surface area contributed by atoms with E-state index in [0.717, 1.165) is 6.42 Å². The molecule has 0 saturated heterocycles. The minimum absolute atomic E-state index is 0.0852. The van der Waals surface area contributed by atoms with Crippen molar-refractivity contribution in [2.75, 3.05) is 0 Å². The maximum atomic E-state index is 14.7. The lowest BCUT2D eigenvalue weighted by molar-refractivity contribution is -0.145. The molecule has 0 aliphatic carbocycles. The van der Waals surface area contributed by atoms with Gasteiger partial charge < -0.3 is 25.4 Å². The standard InChI is InChI=1S/C34H47N3O5/c1-10-26-13-11-12-14-28(26)30(31(39)35-23(4)5)37(24(6)16-15-22(2)3)32(40)29(36-33(41)42-34(7,8)9)21-25-17-19-27(38)20-18-25/h1,11-14,17-20,22-24,29-30,38H,15-16,21H2,2-9H3,(H,35,39)(H,36,41). The van der Waals surface area contributed by atoms with Gasteiger partial charge in [0, 0.05) is 24.1 Å². The van der Waals surface area contributed by atoms with Gasteiger partial charge in [0.2, 0.25) is 11.8 Å². The van der Waals surface area contributed by atoms with Crippen molar-refractivity contribution in [2.45, 2.75) is 104 Å². The Morgan fingerprint density at radius 3 is 2.12 bits per heavy atom. The molecule has 0 heterocycles. The molecule has 2 aromatic carbocycles. The molecule has 0 spiro atoms. The van der Waals surface area contributed by atoms with E-state index in [1.165, 1.54) is 12.1 Å². The zero-order valence-electron chi connectivity index (χ0n) is 26.2. The Kier molecular flexibility index (Phi) is 12.5. The molecular weight excluding hydrogens is 530 g/mol. The van der Waals surface area contributed by atoms with Crippen molar-refractivity contribution in [3.63, 3.8) is 0 Å². The van der Waals surface area contributed by atoms with Gasteiger partial charge in [0.15, 0.2) is 0 Å². The number of amides is 3. The summed E-state index contributed by atoms with van der Waals surface area (Å²) in [7, 11) is 0. The van der Waals surface area contributed by atoms with E-state index in [1.54, 1.807) is 62.1 Å². The Bertz CT molecular complexity index is 1240. The van der Waals surface area contributed by atoms with Crippen molar-refractivity contribution in [3.8, 4) is 18.1 Å². The molecule has 8 heteroatoms. The van der Waals surface area contributed by atoms with E-state index < -0.39 is 29.7 Å². The Morgan fingerprint density at radius 1 is 0.952 bits per heavy atom. The second kappa shape index (κ2) is 15.3. The molecule has 0 aliphatic heterocycles. The lowest BCUT2D eigenvalue weighted by Gasteiger charge is -2.39. The zero-order chi connectivity index (χ0) is 31.6. The first kappa shape index (κ1) is 34.2. The molecule has 8 nitrogen and oxygen atoms in total. The van der Waals surface area contributed by atoms with Gasteiger partial charge in [-0.25, -0.2) is 4.79 Å². The number of hydrogen-bond acceptors (Lipinski definition) is 5. The normalized spacial score (nSPS) is 13.5. The number of ether oxygens (including phenoxy) is 1. The quantitative estimate of drug-likeness (QED) is 0.279. The molecule has 0 bridgehead atoms. The average Bonchev–Trinajstić information content (AvgIpc) is 2.89. The summed E-state index contributed by atoms with van der Waals surface area (Å²) in [6.07, 6.45) is 6.68. The van der Waals surface area contributed by atoms with E-state index in [0.29, 0.717) is 29.0 Å². The third-order valence-corrected chi connectivity index (χ3v) is 6.62. The third kappa shape index (κ3) is 10.4. The number of nitrogens with one attached hydrogen (secondary N) is 2. The van der Waals surface area contributed by atoms with Gasteiger partial charge >= 0.3 is 6.09 Å². The first-order valence-electron chi connectivity index (χ1n) is 14.6. The van der Waals surface area contributed by atoms with Crippen LogP contribution in [-0.4, -0.2) is 51.6 Å². The molecule has 0 aromatic heterocycles. The van der Waals surface area contributed by atoms with Crippen LogP contribution in [0.2, 0.25) is 0 Å². The molecule has 0 aliphatic rings. The topological polar surface area (TPSA) is 108 Å². The van der Waals surface area contributed by atoms with Crippen LogP contribution in [0.4, 0.5) is 4.79 Å². The first-order valence-corrected chi connectivity index (χ1v) is 14.6. The monoisotopic (exact) mass is 577 g/mol. The Labute approximate surface area is 251 Å². The number of nitrogens with zero attached hydrogens (tertiary/aromatic N) is 1. The van der Waals surface area contributed by atoms with Crippen molar-refractivity contribution in [2.24, 2.45) is 5.92 Å². The molecule has 0 saturated carbocycles. The number of alkyl carbamates (subject to hydrolysis) is 1. The number of carbonyl (C=O) groups excluding carboxylic acids is 3. The van der Waals surface area contributed by atoms with E-state index in [1.807, 2.05) is 20.8 Å². The van der Waals surface area contributed by atoms with E-state index in [-0.39, 0.29) is 30.2 Å². The zero-order valence-corrected chi connectivity index (χ0v) is 26.2. The Morgan fingerprint density at radius 2 is 1.57 bits per heavy atom. The van der Waals surface area contributed by atoms with Gasteiger partial charge in [0.05, 0.1) is 0 Å². The summed E-state index contributed by atoms with van der Waals surface area (Å²) in [6.45, 7) is 15.1. The highest BCUT2D eigenvalue weighted by Crippen LogP contribution is 2.30. The fraction of sp³-hybridized carbons (Fsp3) is 0.500. The predicted molar refractivity (Wildman–Crippen MR) is 166 cm³/mol. The summed E-state index contributed by atoms with van der Waals surface area (Å²) in [6, 6.07) is 10.9. The predicted octanol–water partition coefficient (Wildman–Crippen LogP) is 5.73. The average molecular weight is 578 g/mol. The number of aromatic hydroxyl groups is 1. The fourth-order valence-corrected chi connectivity index (χ4v) is 4.66. The highest BCUT2D eigenvalue weighted by atomic mass is 16.6. The number of carbonyl (C=O) groups is 3. The van der Waals surface area contributed by atoms with Crippen molar-refractivity contribution >= 4 is 17.9 Å². The minimum atomic E-state index is -1.07. The summed E-state index contributed by atoms with van der Waals surface area (Å²) in [5.41, 5.74) is 0.963. The SMILES string of the molecule is C#Cc1ccccc1C(C(=O)NC(C)C)N(C(=O)C(Cc1ccc(O)cc1)NC(=O)OC(C)(C)C)C(C)CCC(C)C. The summed E-state index contributed by atoms with van der Waals surface area (Å²) in [5.74, 6) is 2.32. The van der Waals surface area contributed by atoms with Crippen LogP contribution in [-0.2, 0) is 20.7 Å². The van der Waals surface area contributed by atoms with Crippen LogP contribution in [0.1, 0.15) is 91.0 Å². The van der Waals surface area contributed by atoms with Gasteiger partial charge in [-0.05, 0) is 89.6 Å². The van der Waals surface area contributed by atoms with Crippen molar-refractivity contribution in [1.29, 1.82) is 0 Å². The molecule has 2 aromatic rings. The molecule has 3 unspecified atom stereocenters. The van der Waals surface area contributed by atoms with Crippen LogP contribution in [0.3, 0.4) is 0 Å². The van der Waals surface area contributed by atoms with Crippen LogP contribution in [0.25, 0.3) is 0 Å². The molecule has 42 heavy (non-hydrogen) atoms. The maximum Gasteiger partial charge on any atom is 0.408 e. The number of hydrogen-bond donors (Lipinski definition) is 3. The summed E-state index contributed by atoms with van der Waals surface area (Å²) >= 11 is 0. The minimum Gasteiger partial charge on any atom is -0.508 e. The molecule has 3 N–H and O–H groups in total. The van der Waals surface area contributed by atoms with Gasteiger partial charge in [0.25, 0.3) is 0 Å². The smallest absolute Gasteiger partial charge is 0.408 e. The highest BCUT2D eigenvalue weighted by molar-refractivity contribution is 5.93. The largest absolute Gasteiger partial charge is 0.508 e. The molecule has 228 valence electrons. The lowest BCUT2D eigenvalue weighted by atomic mass is 9.93. The lowest BCUT2D eigenvalue weighted by Crippen LogP contribution is -2.56. The van der Waals surface area contributed by atoms with Gasteiger partial charge in [-0.2, -0.15) is 0 Å². The summed E-state index contributed by atoms with van der Waals surface area (Å²) < 4.78 is 5.51. The summed E-state index contributed by atoms with van der Waals surface area (Å²) in [5, 5.41) is 15.5. The van der Waals surface area contributed by atoms with E-state index in [2.05, 4.69) is 30.4 Å². The van der Waals surface area contributed by atoms with Crippen LogP contribution in [0.15, 0.2) is 48.5 Å². The van der Waals surface area contributed by atoms with Crippen molar-refractivity contribution < 1.29 is 24.2 Å². The highest BCUT2D eigenvalue weighted by Gasteiger charge is 2.40. The maximum absolute atomic E-state index is 14.7. The number of phenols is 1. The molecule has 3 atom stereocenters. The number of rotatable bonds is 12. The van der Waals surface area contributed by atoms with Gasteiger partial charge in [0.1, 0.15) is 23.4 Å². The number of terminal acetylenes is 1. The van der Waals surface area contributed by atoms with Crippen molar-refractivity contribution in [3.05, 3.63) is 65.2 Å². The van der Waals surface area contributed by atoms with E-state index in [9.17, 15) is 19.5 Å². The van der Waals surface area contributed by atoms with Crippen molar-refractivity contribution in [1.82, 2.24) is 15.5 Å². The Balaban J connectivity index is 2.70. The fourth-order valence-electron chi connectivity index (χ4n) is 4.66. The van der Waals surface area contributed by atoms with Gasteiger partial charge in [-0.15, -0.1) is 6.42 Å². The molecule has 2 rings (SSSR count). The molecule has 3 amide bonds. The molecule has 0 fully saturated rings. The second-order valence-corrected chi connectivity index (χ2v) is 12.4. The van der Waals surface area contributed by atoms with Crippen LogP contribution in [0, 0.1) is 18.3 Å². The second-order valence-electron chi connectivity index (χ2n) is 12.4. The molecular formula is C34H47N3O5. The molecule has 0 radical (unpaired) electrons. The van der Waals surface area contributed by atoms with Gasteiger partial charge in [-0.3, -0.25) is 9.59 Å². The first-order chi connectivity index (χ1) is 19.6. The Hall–Kier alpha value is -3.99. The number of benzene rings is 2. The van der Waals surface area contributed by atoms with E-state index in [4.69, 9.17) is 11.2 Å². The van der Waals surface area contributed by atoms with Crippen LogP contribution < -0.4 is 10.6 Å². The van der Waals surface area contributed by atoms with Gasteiger partial charge in [-0.1, -0.05) is 50.1 Å². The van der Waals surface area contributed by atoms with Crippen LogP contribution in [0.5, 0.6) is 5.75 Å². The third-order valence-electron chi connectivity index (χ3n) is 6.62.